The van der Waals surface area contributed by atoms with Gasteiger partial charge in [0.15, 0.2) is 0 Å². The van der Waals surface area contributed by atoms with Gasteiger partial charge in [-0.15, -0.1) is 0 Å². The largest absolute Gasteiger partial charge is 1.00 e. The molecule has 2 rings (SSSR count). The van der Waals surface area contributed by atoms with E-state index in [1.807, 2.05) is 0 Å². The predicted octanol–water partition coefficient (Wildman–Crippen LogP) is -0.253. The molecular weight excluding hydrogens is 351 g/mol. The minimum atomic E-state index is -4.87. The first-order chi connectivity index (χ1) is 9.83. The molecule has 0 bridgehead atoms. The molecule has 2 N–H and O–H groups in total. The molecule has 0 heterocycles. The minimum absolute atomic E-state index is 0. The van der Waals surface area contributed by atoms with Crippen molar-refractivity contribution in [2.24, 2.45) is 0 Å². The molecule has 0 aliphatic heterocycles. The zero-order chi connectivity index (χ0) is 16.9. The van der Waals surface area contributed by atoms with Gasteiger partial charge in [-0.25, -0.2) is 0 Å². The van der Waals surface area contributed by atoms with Crippen molar-refractivity contribution in [3.05, 3.63) is 35.9 Å². The molecule has 0 fully saturated rings. The van der Waals surface area contributed by atoms with Crippen LogP contribution in [0.5, 0.6) is 0 Å². The molecule has 122 valence electrons. The van der Waals surface area contributed by atoms with Gasteiger partial charge < -0.3 is 1.43 Å². The molecule has 0 aliphatic carbocycles. The number of benzene rings is 2. The molecule has 0 atom stereocenters. The van der Waals surface area contributed by atoms with Crippen molar-refractivity contribution in [3.8, 4) is 0 Å². The van der Waals surface area contributed by atoms with Gasteiger partial charge in [-0.2, -0.15) is 16.8 Å². The van der Waals surface area contributed by atoms with Crippen molar-refractivity contribution in [3.63, 3.8) is 0 Å². The van der Waals surface area contributed by atoms with E-state index < -0.39 is 35.4 Å². The maximum absolute atomic E-state index is 11.8. The average molecular weight is 368 g/mol. The average Bonchev–Trinajstić information content (AvgIpc) is 2.33. The predicted molar refractivity (Wildman–Crippen MR) is 83.4 cm³/mol. The molecule has 2 aromatic rings. The van der Waals surface area contributed by atoms with Gasteiger partial charge in [0.05, 0.1) is 0 Å². The molecule has 0 aliphatic rings. The standard InChI is InChI=1S/C14H16O6S2.Na.H/c1-14(2,3)11-8-9-6-4-5-7-10(9)12(21(15,16)17)13(11)22(18,19)20;;/h4-8H,1-3H3,(H,15,16,17)(H,18,19,20);;/q;+1;-1. The number of hydrogen-bond acceptors (Lipinski definition) is 4. The molecule has 23 heavy (non-hydrogen) atoms. The van der Waals surface area contributed by atoms with Crippen LogP contribution in [0.2, 0.25) is 0 Å². The topological polar surface area (TPSA) is 109 Å². The Kier molecular flexibility index (Phi) is 5.76. The van der Waals surface area contributed by atoms with Gasteiger partial charge in [0.2, 0.25) is 0 Å². The Labute approximate surface area is 159 Å². The number of fused-ring (bicyclic) bond motifs is 1. The maximum atomic E-state index is 11.8. The van der Waals surface area contributed by atoms with Gasteiger partial charge in [0.25, 0.3) is 20.2 Å². The summed E-state index contributed by atoms with van der Waals surface area (Å²) >= 11 is 0. The summed E-state index contributed by atoms with van der Waals surface area (Å²) in [4.78, 5) is -1.57. The van der Waals surface area contributed by atoms with Gasteiger partial charge in [-0.05, 0) is 22.4 Å². The molecule has 0 radical (unpaired) electrons. The van der Waals surface area contributed by atoms with E-state index in [9.17, 15) is 25.9 Å². The molecular formula is C14H17NaO6S2. The van der Waals surface area contributed by atoms with E-state index in [1.54, 1.807) is 32.9 Å². The van der Waals surface area contributed by atoms with Crippen molar-refractivity contribution in [1.82, 2.24) is 0 Å². The molecule has 9 heteroatoms. The minimum Gasteiger partial charge on any atom is -1.00 e. The summed E-state index contributed by atoms with van der Waals surface area (Å²) in [6.07, 6.45) is 0. The summed E-state index contributed by atoms with van der Waals surface area (Å²) < 4.78 is 66.2. The molecule has 0 amide bonds. The van der Waals surface area contributed by atoms with Gasteiger partial charge >= 0.3 is 29.6 Å². The van der Waals surface area contributed by atoms with Crippen LogP contribution in [-0.2, 0) is 25.7 Å². The summed E-state index contributed by atoms with van der Waals surface area (Å²) in [5.41, 5.74) is -0.657. The van der Waals surface area contributed by atoms with Crippen molar-refractivity contribution in [2.45, 2.75) is 36.0 Å². The number of rotatable bonds is 2. The molecule has 6 nitrogen and oxygen atoms in total. The van der Waals surface area contributed by atoms with Crippen molar-refractivity contribution >= 4 is 31.0 Å². The Morgan fingerprint density at radius 2 is 1.39 bits per heavy atom. The third kappa shape index (κ3) is 4.14. The SMILES string of the molecule is CC(C)(C)c1cc2ccccc2c(S(=O)(=O)O)c1S(=O)(=O)O.[H-].[Na+]. The van der Waals surface area contributed by atoms with Gasteiger partial charge in [0.1, 0.15) is 9.79 Å². The van der Waals surface area contributed by atoms with Crippen LogP contribution in [0.25, 0.3) is 10.8 Å². The van der Waals surface area contributed by atoms with E-state index >= 15 is 0 Å². The van der Waals surface area contributed by atoms with Crippen LogP contribution in [0.4, 0.5) is 0 Å². The summed E-state index contributed by atoms with van der Waals surface area (Å²) in [6, 6.07) is 7.66. The summed E-state index contributed by atoms with van der Waals surface area (Å²) in [5, 5.41) is 0.484. The van der Waals surface area contributed by atoms with Crippen LogP contribution in [0, 0.1) is 0 Å². The monoisotopic (exact) mass is 368 g/mol. The second-order valence-corrected chi connectivity index (χ2v) is 8.72. The summed E-state index contributed by atoms with van der Waals surface area (Å²) in [5.74, 6) is 0. The van der Waals surface area contributed by atoms with E-state index in [4.69, 9.17) is 0 Å². The van der Waals surface area contributed by atoms with Crippen molar-refractivity contribution < 1.29 is 56.9 Å². The van der Waals surface area contributed by atoms with E-state index in [0.717, 1.165) is 0 Å². The Hall–Kier alpha value is -0.480. The van der Waals surface area contributed by atoms with Crippen molar-refractivity contribution in [1.29, 1.82) is 0 Å². The summed E-state index contributed by atoms with van der Waals surface area (Å²) in [7, 11) is -9.73. The van der Waals surface area contributed by atoms with Crippen LogP contribution in [0.1, 0.15) is 27.8 Å². The van der Waals surface area contributed by atoms with E-state index in [-0.39, 0.29) is 41.9 Å². The van der Waals surface area contributed by atoms with Gasteiger partial charge in [0, 0.05) is 5.39 Å². The fourth-order valence-corrected chi connectivity index (χ4v) is 4.79. The van der Waals surface area contributed by atoms with Crippen molar-refractivity contribution in [2.75, 3.05) is 0 Å². The number of hydrogen-bond donors (Lipinski definition) is 2. The molecule has 0 spiro atoms. The second kappa shape index (κ2) is 6.44. The summed E-state index contributed by atoms with van der Waals surface area (Å²) in [6.45, 7) is 5.04. The fourth-order valence-electron chi connectivity index (χ4n) is 2.36. The third-order valence-electron chi connectivity index (χ3n) is 3.28. The van der Waals surface area contributed by atoms with Gasteiger partial charge in [-0.3, -0.25) is 9.11 Å². The maximum Gasteiger partial charge on any atom is 1.00 e. The smallest absolute Gasteiger partial charge is 1.00 e. The Morgan fingerprint density at radius 3 is 1.83 bits per heavy atom. The van der Waals surface area contributed by atoms with Crippen LogP contribution in [-0.4, -0.2) is 25.9 Å². The van der Waals surface area contributed by atoms with E-state index in [1.165, 1.54) is 18.2 Å². The van der Waals surface area contributed by atoms with Crippen LogP contribution < -0.4 is 29.6 Å². The fraction of sp³-hybridized carbons (Fsp3) is 0.286. The first kappa shape index (κ1) is 20.6. The zero-order valence-corrected chi connectivity index (χ0v) is 16.9. The molecule has 0 saturated carbocycles. The van der Waals surface area contributed by atoms with Crippen LogP contribution >= 0.6 is 0 Å². The third-order valence-corrected chi connectivity index (χ3v) is 5.29. The second-order valence-electron chi connectivity index (χ2n) is 6.00. The quantitative estimate of drug-likeness (QED) is 0.559. The molecule has 2 aromatic carbocycles. The first-order valence-corrected chi connectivity index (χ1v) is 9.22. The Balaban J connectivity index is 0.00000264. The van der Waals surface area contributed by atoms with Gasteiger partial charge in [-0.1, -0.05) is 45.0 Å². The van der Waals surface area contributed by atoms with Crippen LogP contribution in [0.3, 0.4) is 0 Å². The van der Waals surface area contributed by atoms with Crippen LogP contribution in [0.15, 0.2) is 40.1 Å². The normalized spacial score (nSPS) is 12.9. The first-order valence-electron chi connectivity index (χ1n) is 6.34. The molecule has 0 saturated heterocycles. The molecule has 0 aromatic heterocycles. The van der Waals surface area contributed by atoms with E-state index in [2.05, 4.69) is 0 Å². The Morgan fingerprint density at radius 1 is 0.913 bits per heavy atom. The Bertz CT molecular complexity index is 963. The molecule has 0 unspecified atom stereocenters. The zero-order valence-electron chi connectivity index (χ0n) is 14.2. The van der Waals surface area contributed by atoms with E-state index in [0.29, 0.717) is 5.39 Å².